The van der Waals surface area contributed by atoms with Gasteiger partial charge in [-0.15, -0.1) is 0 Å². The maximum Gasteiger partial charge on any atom is 0.417 e. The van der Waals surface area contributed by atoms with Crippen molar-refractivity contribution in [3.8, 4) is 17.0 Å². The molecule has 4 nitrogen and oxygen atoms in total. The van der Waals surface area contributed by atoms with E-state index in [9.17, 15) is 22.7 Å². The molecule has 0 radical (unpaired) electrons. The molecule has 2 aromatic carbocycles. The number of aliphatic hydroxyl groups is 1. The van der Waals surface area contributed by atoms with E-state index in [1.165, 1.54) is 12.1 Å². The van der Waals surface area contributed by atoms with Gasteiger partial charge in [0, 0.05) is 42.2 Å². The number of aromatic nitrogens is 1. The monoisotopic (exact) mass is 532 g/mol. The van der Waals surface area contributed by atoms with Crippen LogP contribution in [0.3, 0.4) is 0 Å². The number of hydrogen-bond acceptors (Lipinski definition) is 4. The Bertz CT molecular complexity index is 1350. The normalized spacial score (nSPS) is 18.9. The van der Waals surface area contributed by atoms with Gasteiger partial charge < -0.3 is 14.7 Å². The minimum absolute atomic E-state index is 0.134. The van der Waals surface area contributed by atoms with Crippen LogP contribution in [0.2, 0.25) is 0 Å². The van der Waals surface area contributed by atoms with E-state index in [1.807, 2.05) is 4.90 Å². The minimum Gasteiger partial charge on any atom is -0.473 e. The first kappa shape index (κ1) is 26.4. The summed E-state index contributed by atoms with van der Waals surface area (Å²) in [7, 11) is 0. The Labute approximate surface area is 218 Å². The molecule has 0 saturated carbocycles. The average Bonchev–Trinajstić information content (AvgIpc) is 3.22. The second-order valence-corrected chi connectivity index (χ2v) is 10.7. The highest BCUT2D eigenvalue weighted by Crippen LogP contribution is 2.40. The van der Waals surface area contributed by atoms with Crippen molar-refractivity contribution in [1.82, 2.24) is 4.98 Å². The van der Waals surface area contributed by atoms with Crippen LogP contribution in [0.4, 0.5) is 27.6 Å². The third-order valence-electron chi connectivity index (χ3n) is 7.51. The maximum absolute atomic E-state index is 15.3. The molecule has 1 N–H and O–H groups in total. The van der Waals surface area contributed by atoms with Crippen LogP contribution in [0.15, 0.2) is 42.6 Å². The topological polar surface area (TPSA) is 45.6 Å². The molecule has 1 unspecified atom stereocenters. The molecular weight excluding hydrogens is 503 g/mol. The standard InChI is InChI=1S/C29H29F5N2O2/c1-17-9-18-12-27(35-15-19(18)10-17)38-16-20-11-23(24(14-25(20)30)29(32,33)34)22-4-3-21(13-26(22)31)36-7-5-28(2,37)6-8-36/h3-4,11-15,17,37H,5-10,16H2,1-2H3. The summed E-state index contributed by atoms with van der Waals surface area (Å²) in [5.41, 5.74) is -0.198. The highest BCUT2D eigenvalue weighted by atomic mass is 19.4. The van der Waals surface area contributed by atoms with E-state index in [1.54, 1.807) is 25.3 Å². The number of alkyl halides is 3. The van der Waals surface area contributed by atoms with Gasteiger partial charge in [0.05, 0.1) is 11.2 Å². The van der Waals surface area contributed by atoms with E-state index >= 15 is 4.39 Å². The number of piperidine rings is 1. The zero-order chi connectivity index (χ0) is 27.2. The fourth-order valence-corrected chi connectivity index (χ4v) is 5.28. The summed E-state index contributed by atoms with van der Waals surface area (Å²) >= 11 is 0. The molecule has 38 heavy (non-hydrogen) atoms. The average molecular weight is 533 g/mol. The van der Waals surface area contributed by atoms with Gasteiger partial charge >= 0.3 is 6.18 Å². The lowest BCUT2D eigenvalue weighted by Gasteiger charge is -2.37. The van der Waals surface area contributed by atoms with Crippen LogP contribution in [-0.2, 0) is 25.6 Å². The molecule has 3 aromatic rings. The number of anilines is 1. The Morgan fingerprint density at radius 3 is 2.39 bits per heavy atom. The van der Waals surface area contributed by atoms with Crippen molar-refractivity contribution >= 4 is 5.69 Å². The maximum atomic E-state index is 15.3. The molecule has 2 heterocycles. The molecule has 202 valence electrons. The first-order valence-corrected chi connectivity index (χ1v) is 12.7. The Morgan fingerprint density at radius 1 is 1.00 bits per heavy atom. The first-order chi connectivity index (χ1) is 17.9. The van der Waals surface area contributed by atoms with Gasteiger partial charge in [0.15, 0.2) is 0 Å². The van der Waals surface area contributed by atoms with Gasteiger partial charge in [-0.1, -0.05) is 6.92 Å². The number of ether oxygens (including phenoxy) is 1. The van der Waals surface area contributed by atoms with Crippen LogP contribution < -0.4 is 9.64 Å². The first-order valence-electron chi connectivity index (χ1n) is 12.7. The molecule has 0 bridgehead atoms. The number of pyridine rings is 1. The van der Waals surface area contributed by atoms with E-state index < -0.39 is 34.5 Å². The molecule has 0 spiro atoms. The second kappa shape index (κ2) is 9.84. The molecule has 1 atom stereocenters. The number of halogens is 5. The van der Waals surface area contributed by atoms with Crippen LogP contribution in [0.1, 0.15) is 48.9 Å². The summed E-state index contributed by atoms with van der Waals surface area (Å²) in [6.07, 6.45) is -0.399. The van der Waals surface area contributed by atoms with Crippen molar-refractivity contribution in [2.24, 2.45) is 5.92 Å². The van der Waals surface area contributed by atoms with Crippen molar-refractivity contribution in [3.63, 3.8) is 0 Å². The summed E-state index contributed by atoms with van der Waals surface area (Å²) < 4.78 is 77.3. The number of hydrogen-bond donors (Lipinski definition) is 1. The molecule has 1 aliphatic heterocycles. The van der Waals surface area contributed by atoms with Crippen molar-refractivity contribution in [3.05, 3.63) is 76.5 Å². The zero-order valence-corrected chi connectivity index (χ0v) is 21.2. The molecule has 1 aromatic heterocycles. The van der Waals surface area contributed by atoms with Gasteiger partial charge in [0.25, 0.3) is 0 Å². The quantitative estimate of drug-likeness (QED) is 0.371. The fourth-order valence-electron chi connectivity index (χ4n) is 5.28. The minimum atomic E-state index is -4.89. The molecule has 5 rings (SSSR count). The largest absolute Gasteiger partial charge is 0.473 e. The summed E-state index contributed by atoms with van der Waals surface area (Å²) in [6, 6.07) is 7.20. The highest BCUT2D eigenvalue weighted by molar-refractivity contribution is 5.72. The summed E-state index contributed by atoms with van der Waals surface area (Å²) in [5, 5.41) is 10.2. The number of nitrogens with zero attached hydrogens (tertiary/aromatic N) is 2. The van der Waals surface area contributed by atoms with E-state index in [-0.39, 0.29) is 23.6 Å². The number of fused-ring (bicyclic) bond motifs is 1. The summed E-state index contributed by atoms with van der Waals surface area (Å²) in [6.45, 7) is 4.50. The Hall–Kier alpha value is -3.20. The molecular formula is C29H29F5N2O2. The molecule has 1 fully saturated rings. The van der Waals surface area contributed by atoms with Gasteiger partial charge in [-0.3, -0.25) is 0 Å². The van der Waals surface area contributed by atoms with Crippen LogP contribution in [-0.4, -0.2) is 28.8 Å². The Balaban J connectivity index is 1.43. The molecule has 1 saturated heterocycles. The Morgan fingerprint density at radius 2 is 1.71 bits per heavy atom. The van der Waals surface area contributed by atoms with E-state index in [2.05, 4.69) is 11.9 Å². The molecule has 1 aliphatic carbocycles. The third-order valence-corrected chi connectivity index (χ3v) is 7.51. The van der Waals surface area contributed by atoms with Crippen LogP contribution in [0.5, 0.6) is 5.88 Å². The fraction of sp³-hybridized carbons (Fsp3) is 0.414. The van der Waals surface area contributed by atoms with Gasteiger partial charge in [0.2, 0.25) is 5.88 Å². The van der Waals surface area contributed by atoms with Crippen LogP contribution in [0.25, 0.3) is 11.1 Å². The molecule has 9 heteroatoms. The van der Waals surface area contributed by atoms with Crippen LogP contribution >= 0.6 is 0 Å². The van der Waals surface area contributed by atoms with Gasteiger partial charge in [-0.2, -0.15) is 13.2 Å². The number of rotatable bonds is 5. The lowest BCUT2D eigenvalue weighted by molar-refractivity contribution is -0.137. The van der Waals surface area contributed by atoms with Crippen molar-refractivity contribution < 1.29 is 31.8 Å². The third kappa shape index (κ3) is 5.48. The smallest absolute Gasteiger partial charge is 0.417 e. The van der Waals surface area contributed by atoms with Gasteiger partial charge in [0.1, 0.15) is 18.2 Å². The van der Waals surface area contributed by atoms with E-state index in [0.29, 0.717) is 43.6 Å². The van der Waals surface area contributed by atoms with Crippen molar-refractivity contribution in [2.45, 2.75) is 57.9 Å². The van der Waals surface area contributed by atoms with Crippen molar-refractivity contribution in [2.75, 3.05) is 18.0 Å². The predicted molar refractivity (Wildman–Crippen MR) is 134 cm³/mol. The van der Waals surface area contributed by atoms with Crippen molar-refractivity contribution in [1.29, 1.82) is 0 Å². The van der Waals surface area contributed by atoms with Crippen LogP contribution in [0, 0.1) is 17.6 Å². The molecule has 0 amide bonds. The number of benzene rings is 2. The lowest BCUT2D eigenvalue weighted by Crippen LogP contribution is -2.42. The van der Waals surface area contributed by atoms with Gasteiger partial charge in [-0.25, -0.2) is 13.8 Å². The van der Waals surface area contributed by atoms with Gasteiger partial charge in [-0.05, 0) is 85.5 Å². The highest BCUT2D eigenvalue weighted by Gasteiger charge is 2.36. The SMILES string of the molecule is CC1Cc2cnc(OCc3cc(-c4ccc(N5CCC(C)(O)CC5)cc4F)c(C(F)(F)F)cc3F)cc2C1. The molecule has 2 aliphatic rings. The Kier molecular flexibility index (Phi) is 6.84. The lowest BCUT2D eigenvalue weighted by atomic mass is 9.93. The van der Waals surface area contributed by atoms with E-state index in [4.69, 9.17) is 4.74 Å². The summed E-state index contributed by atoms with van der Waals surface area (Å²) in [4.78, 5) is 6.12. The predicted octanol–water partition coefficient (Wildman–Crippen LogP) is 6.71. The summed E-state index contributed by atoms with van der Waals surface area (Å²) in [5.74, 6) is -1.19. The zero-order valence-electron chi connectivity index (χ0n) is 21.2. The van der Waals surface area contributed by atoms with E-state index in [0.717, 1.165) is 30.0 Å². The second-order valence-electron chi connectivity index (χ2n) is 10.7.